The van der Waals surface area contributed by atoms with E-state index in [1.165, 1.54) is 12.8 Å². The van der Waals surface area contributed by atoms with Crippen LogP contribution in [0.4, 0.5) is 0 Å². The Hall–Kier alpha value is -1.10. The quantitative estimate of drug-likeness (QED) is 0.538. The van der Waals surface area contributed by atoms with Gasteiger partial charge >= 0.3 is 0 Å². The Morgan fingerprint density at radius 3 is 2.67 bits per heavy atom. The van der Waals surface area contributed by atoms with Gasteiger partial charge in [-0.3, -0.25) is 9.78 Å². The van der Waals surface area contributed by atoms with E-state index < -0.39 is 0 Å². The molecule has 3 nitrogen and oxygen atoms in total. The molecular formula is C21H21BrCl2N2O. The predicted octanol–water partition coefficient (Wildman–Crippen LogP) is 6.17. The van der Waals surface area contributed by atoms with E-state index in [2.05, 4.69) is 25.8 Å². The van der Waals surface area contributed by atoms with Crippen molar-refractivity contribution in [2.45, 2.75) is 44.6 Å². The van der Waals surface area contributed by atoms with E-state index in [4.69, 9.17) is 23.2 Å². The number of piperidine rings is 1. The highest BCUT2D eigenvalue weighted by molar-refractivity contribution is 9.10. The van der Waals surface area contributed by atoms with Gasteiger partial charge in [-0.25, -0.2) is 0 Å². The summed E-state index contributed by atoms with van der Waals surface area (Å²) in [5.74, 6) is 0.0638. The fourth-order valence-corrected chi connectivity index (χ4v) is 4.79. The van der Waals surface area contributed by atoms with Gasteiger partial charge in [0.15, 0.2) is 0 Å². The Morgan fingerprint density at radius 1 is 1.19 bits per heavy atom. The lowest BCUT2D eigenvalue weighted by molar-refractivity contribution is 0.0508. The number of nitrogens with zero attached hydrogens (tertiary/aromatic N) is 2. The number of hydrogen-bond acceptors (Lipinski definition) is 2. The molecule has 1 aliphatic carbocycles. The van der Waals surface area contributed by atoms with Crippen LogP contribution in [0.25, 0.3) is 0 Å². The molecule has 4 rings (SSSR count). The number of likely N-dealkylation sites (tertiary alicyclic amines) is 1. The summed E-state index contributed by atoms with van der Waals surface area (Å²) in [4.78, 5) is 19.7. The van der Waals surface area contributed by atoms with Crippen molar-refractivity contribution in [2.24, 2.45) is 5.41 Å². The third kappa shape index (κ3) is 4.33. The van der Waals surface area contributed by atoms with Crippen LogP contribution in [0.2, 0.25) is 10.0 Å². The van der Waals surface area contributed by atoms with Gasteiger partial charge in [0.1, 0.15) is 0 Å². The van der Waals surface area contributed by atoms with Crippen LogP contribution in [0.15, 0.2) is 41.0 Å². The molecule has 2 heterocycles. The van der Waals surface area contributed by atoms with Gasteiger partial charge in [-0.05, 0) is 90.2 Å². The number of halogens is 3. The number of amides is 1. The minimum Gasteiger partial charge on any atom is -0.336 e. The van der Waals surface area contributed by atoms with Gasteiger partial charge in [0.2, 0.25) is 0 Å². The molecule has 1 spiro atoms. The van der Waals surface area contributed by atoms with Gasteiger partial charge in [0.25, 0.3) is 5.91 Å². The van der Waals surface area contributed by atoms with E-state index in [0.29, 0.717) is 21.0 Å². The highest BCUT2D eigenvalue weighted by Gasteiger charge is 2.48. The Balaban J connectivity index is 1.53. The maximum absolute atomic E-state index is 13.3. The number of aromatic nitrogens is 1. The number of rotatable bonds is 4. The zero-order valence-corrected chi connectivity index (χ0v) is 18.0. The molecule has 1 amide bonds. The predicted molar refractivity (Wildman–Crippen MR) is 112 cm³/mol. The van der Waals surface area contributed by atoms with E-state index >= 15 is 0 Å². The van der Waals surface area contributed by atoms with E-state index in [0.717, 1.165) is 42.4 Å². The third-order valence-electron chi connectivity index (χ3n) is 5.89. The molecule has 142 valence electrons. The number of aryl methyl sites for hydroxylation is 1. The molecule has 2 aliphatic rings. The van der Waals surface area contributed by atoms with Crippen LogP contribution in [0.5, 0.6) is 0 Å². The minimum absolute atomic E-state index is 0.0638. The topological polar surface area (TPSA) is 33.2 Å². The van der Waals surface area contributed by atoms with Gasteiger partial charge < -0.3 is 4.90 Å². The lowest BCUT2D eigenvalue weighted by atomic mass is 9.85. The van der Waals surface area contributed by atoms with Crippen LogP contribution >= 0.6 is 39.1 Å². The molecule has 1 atom stereocenters. The number of carbonyl (C=O) groups excluding carboxylic acids is 1. The highest BCUT2D eigenvalue weighted by atomic mass is 79.9. The van der Waals surface area contributed by atoms with Crippen LogP contribution in [-0.4, -0.2) is 28.4 Å². The first kappa shape index (κ1) is 19.2. The largest absolute Gasteiger partial charge is 0.336 e. The first-order chi connectivity index (χ1) is 13.0. The fourth-order valence-electron chi connectivity index (χ4n) is 4.09. The summed E-state index contributed by atoms with van der Waals surface area (Å²) in [6, 6.07) is 9.47. The third-order valence-corrected chi connectivity index (χ3v) is 7.04. The van der Waals surface area contributed by atoms with E-state index in [9.17, 15) is 4.79 Å². The molecule has 2 fully saturated rings. The first-order valence-corrected chi connectivity index (χ1v) is 10.9. The summed E-state index contributed by atoms with van der Waals surface area (Å²) in [7, 11) is 0. The Kier molecular flexibility index (Phi) is 5.50. The summed E-state index contributed by atoms with van der Waals surface area (Å²) in [5.41, 5.74) is 2.13. The normalized spacial score (nSPS) is 20.7. The number of carbonyl (C=O) groups is 1. The van der Waals surface area contributed by atoms with E-state index in [1.54, 1.807) is 18.3 Å². The molecule has 0 radical (unpaired) electrons. The van der Waals surface area contributed by atoms with Crippen LogP contribution < -0.4 is 0 Å². The number of pyridine rings is 1. The van der Waals surface area contributed by atoms with Crippen molar-refractivity contribution in [3.63, 3.8) is 0 Å². The van der Waals surface area contributed by atoms with Gasteiger partial charge in [-0.2, -0.15) is 0 Å². The zero-order valence-electron chi connectivity index (χ0n) is 14.9. The molecule has 0 bridgehead atoms. The van der Waals surface area contributed by atoms with Crippen LogP contribution in [-0.2, 0) is 6.42 Å². The van der Waals surface area contributed by atoms with E-state index in [1.807, 2.05) is 18.2 Å². The maximum Gasteiger partial charge on any atom is 0.255 e. The average molecular weight is 468 g/mol. The summed E-state index contributed by atoms with van der Waals surface area (Å²) >= 11 is 15.6. The second kappa shape index (κ2) is 7.73. The molecule has 6 heteroatoms. The molecule has 2 aromatic rings. The maximum atomic E-state index is 13.3. The molecule has 27 heavy (non-hydrogen) atoms. The van der Waals surface area contributed by atoms with Gasteiger partial charge in [-0.1, -0.05) is 23.2 Å². The van der Waals surface area contributed by atoms with Crippen molar-refractivity contribution in [2.75, 3.05) is 6.54 Å². The first-order valence-electron chi connectivity index (χ1n) is 9.32. The number of benzene rings is 1. The minimum atomic E-state index is 0.0638. The second-order valence-corrected chi connectivity index (χ2v) is 9.46. The van der Waals surface area contributed by atoms with Gasteiger partial charge in [0, 0.05) is 34.0 Å². The standard InChI is InChI=1S/C21H21BrCl2N2O/c22-19-6-2-14(23)11-18(19)20(27)26-10-9-21(7-8-21)12-17(26)5-4-16-3-1-15(24)13-25-16/h1-3,6,11,13,17H,4-5,7-10,12H2/t17-/m1/s1. The molecule has 1 saturated carbocycles. The Morgan fingerprint density at radius 2 is 1.96 bits per heavy atom. The van der Waals surface area contributed by atoms with Crippen LogP contribution in [0.3, 0.4) is 0 Å². The highest BCUT2D eigenvalue weighted by Crippen LogP contribution is 2.55. The summed E-state index contributed by atoms with van der Waals surface area (Å²) in [6.45, 7) is 0.816. The van der Waals surface area contributed by atoms with Crippen molar-refractivity contribution in [3.05, 3.63) is 62.3 Å². The molecular weight excluding hydrogens is 447 g/mol. The monoisotopic (exact) mass is 466 g/mol. The zero-order chi connectivity index (χ0) is 19.0. The van der Waals surface area contributed by atoms with Crippen molar-refractivity contribution >= 4 is 45.0 Å². The van der Waals surface area contributed by atoms with Gasteiger partial charge in [-0.15, -0.1) is 0 Å². The summed E-state index contributed by atoms with van der Waals surface area (Å²) < 4.78 is 0.793. The van der Waals surface area contributed by atoms with E-state index in [-0.39, 0.29) is 11.9 Å². The molecule has 1 aromatic carbocycles. The van der Waals surface area contributed by atoms with Crippen molar-refractivity contribution in [3.8, 4) is 0 Å². The Bertz CT molecular complexity index is 852. The smallest absolute Gasteiger partial charge is 0.255 e. The lowest BCUT2D eigenvalue weighted by Gasteiger charge is -2.40. The molecule has 1 aliphatic heterocycles. The second-order valence-electron chi connectivity index (χ2n) is 7.74. The fraction of sp³-hybridized carbons (Fsp3) is 0.429. The van der Waals surface area contributed by atoms with Gasteiger partial charge in [0.05, 0.1) is 10.6 Å². The number of hydrogen-bond donors (Lipinski definition) is 0. The van der Waals surface area contributed by atoms with Crippen LogP contribution in [0, 0.1) is 5.41 Å². The summed E-state index contributed by atoms with van der Waals surface area (Å²) in [5, 5.41) is 1.23. The lowest BCUT2D eigenvalue weighted by Crippen LogP contribution is -2.47. The molecule has 0 N–H and O–H groups in total. The molecule has 1 aromatic heterocycles. The van der Waals surface area contributed by atoms with Crippen molar-refractivity contribution < 1.29 is 4.79 Å². The summed E-state index contributed by atoms with van der Waals surface area (Å²) in [6.07, 6.45) is 8.24. The van der Waals surface area contributed by atoms with Crippen LogP contribution in [0.1, 0.15) is 48.2 Å². The molecule has 1 saturated heterocycles. The average Bonchev–Trinajstić information content (AvgIpc) is 3.41. The van der Waals surface area contributed by atoms with Crippen molar-refractivity contribution in [1.29, 1.82) is 0 Å². The van der Waals surface area contributed by atoms with Crippen molar-refractivity contribution in [1.82, 2.24) is 9.88 Å². The molecule has 0 unspecified atom stereocenters. The Labute approximate surface area is 178 Å². The SMILES string of the molecule is O=C(c1cc(Cl)ccc1Br)N1CCC2(CC2)C[C@H]1CCc1ccc(Cl)cn1.